The molecule has 0 spiro atoms. The highest BCUT2D eigenvalue weighted by Crippen LogP contribution is 2.39. The standard InChI is InChI=1S/C16H30N2O3Si/c1-7-11(18)15-14(21-22(5,6)16(2,3)4)10-12(19)13(20-15)8-9-17/h7,11-15,19H,1,8,10,18H2,2-6H3/t11-,12+,13+,14-,15-/m0/s1. The second-order valence-electron chi connectivity index (χ2n) is 7.53. The molecule has 3 N–H and O–H groups in total. The van der Waals surface area contributed by atoms with Gasteiger partial charge in [-0.1, -0.05) is 26.8 Å². The predicted octanol–water partition coefficient (Wildman–Crippen LogP) is 2.32. The highest BCUT2D eigenvalue weighted by atomic mass is 28.4. The average Bonchev–Trinajstić information content (AvgIpc) is 2.39. The van der Waals surface area contributed by atoms with Gasteiger partial charge in [0, 0.05) is 6.42 Å². The van der Waals surface area contributed by atoms with E-state index < -0.39 is 20.5 Å². The van der Waals surface area contributed by atoms with Crippen molar-refractivity contribution in [1.29, 1.82) is 5.26 Å². The Morgan fingerprint density at radius 3 is 2.59 bits per heavy atom. The third-order valence-corrected chi connectivity index (χ3v) is 9.30. The van der Waals surface area contributed by atoms with E-state index >= 15 is 0 Å². The van der Waals surface area contributed by atoms with E-state index in [4.69, 9.17) is 20.2 Å². The van der Waals surface area contributed by atoms with Crippen LogP contribution in [0.3, 0.4) is 0 Å². The molecular formula is C16H30N2O3Si. The van der Waals surface area contributed by atoms with E-state index in [0.29, 0.717) is 6.42 Å². The van der Waals surface area contributed by atoms with Crippen LogP contribution in [-0.2, 0) is 9.16 Å². The normalized spacial score (nSPS) is 31.4. The maximum Gasteiger partial charge on any atom is 0.192 e. The van der Waals surface area contributed by atoms with Crippen LogP contribution in [-0.4, -0.2) is 43.9 Å². The van der Waals surface area contributed by atoms with Gasteiger partial charge in [-0.2, -0.15) is 5.26 Å². The lowest BCUT2D eigenvalue weighted by Crippen LogP contribution is -2.58. The lowest BCUT2D eigenvalue weighted by atomic mass is 9.93. The van der Waals surface area contributed by atoms with E-state index in [-0.39, 0.29) is 29.7 Å². The molecule has 1 rings (SSSR count). The number of hydrogen-bond acceptors (Lipinski definition) is 5. The molecule has 1 heterocycles. The van der Waals surface area contributed by atoms with Gasteiger partial charge >= 0.3 is 0 Å². The van der Waals surface area contributed by atoms with Gasteiger partial charge in [0.25, 0.3) is 0 Å². The van der Waals surface area contributed by atoms with Crippen molar-refractivity contribution in [2.45, 2.75) is 82.2 Å². The molecule has 5 nitrogen and oxygen atoms in total. The Morgan fingerprint density at radius 1 is 1.55 bits per heavy atom. The van der Waals surface area contributed by atoms with Crippen molar-refractivity contribution >= 4 is 8.32 Å². The van der Waals surface area contributed by atoms with Gasteiger partial charge in [0.15, 0.2) is 8.32 Å². The summed E-state index contributed by atoms with van der Waals surface area (Å²) in [4.78, 5) is 0. The summed E-state index contributed by atoms with van der Waals surface area (Å²) in [5, 5.41) is 19.2. The summed E-state index contributed by atoms with van der Waals surface area (Å²) >= 11 is 0. The summed E-state index contributed by atoms with van der Waals surface area (Å²) in [6.45, 7) is 14.6. The fraction of sp³-hybridized carbons (Fsp3) is 0.812. The summed E-state index contributed by atoms with van der Waals surface area (Å²) in [6, 6.07) is 1.66. The smallest absolute Gasteiger partial charge is 0.192 e. The molecule has 0 aromatic carbocycles. The van der Waals surface area contributed by atoms with Gasteiger partial charge in [-0.05, 0) is 18.1 Å². The zero-order chi connectivity index (χ0) is 17.1. The fourth-order valence-corrected chi connectivity index (χ4v) is 3.66. The van der Waals surface area contributed by atoms with Crippen molar-refractivity contribution in [3.8, 4) is 6.07 Å². The van der Waals surface area contributed by atoms with E-state index in [1.807, 2.05) is 6.07 Å². The van der Waals surface area contributed by atoms with Crippen LogP contribution in [0.5, 0.6) is 0 Å². The zero-order valence-electron chi connectivity index (χ0n) is 14.4. The molecule has 1 fully saturated rings. The Hall–Kier alpha value is -0.713. The van der Waals surface area contributed by atoms with Crippen LogP contribution in [0.1, 0.15) is 33.6 Å². The third-order valence-electron chi connectivity index (χ3n) is 4.80. The molecule has 0 aromatic heterocycles. The van der Waals surface area contributed by atoms with Crippen LogP contribution in [0.15, 0.2) is 12.7 Å². The Bertz CT molecular complexity index is 428. The van der Waals surface area contributed by atoms with Gasteiger partial charge in [0.1, 0.15) is 6.10 Å². The van der Waals surface area contributed by atoms with E-state index in [2.05, 4.69) is 40.4 Å². The number of rotatable bonds is 5. The molecule has 0 amide bonds. The number of aliphatic hydroxyl groups excluding tert-OH is 1. The maximum absolute atomic E-state index is 10.2. The van der Waals surface area contributed by atoms with Crippen molar-refractivity contribution < 1.29 is 14.3 Å². The Morgan fingerprint density at radius 2 is 2.14 bits per heavy atom. The monoisotopic (exact) mass is 326 g/mol. The quantitative estimate of drug-likeness (QED) is 0.598. The molecule has 0 saturated carbocycles. The largest absolute Gasteiger partial charge is 0.411 e. The first-order valence-corrected chi connectivity index (χ1v) is 10.7. The molecule has 126 valence electrons. The third kappa shape index (κ3) is 4.40. The van der Waals surface area contributed by atoms with Crippen molar-refractivity contribution in [3.63, 3.8) is 0 Å². The highest BCUT2D eigenvalue weighted by Gasteiger charge is 2.45. The molecule has 22 heavy (non-hydrogen) atoms. The summed E-state index contributed by atoms with van der Waals surface area (Å²) in [6.07, 6.45) is 0.336. The molecule has 0 bridgehead atoms. The Balaban J connectivity index is 2.96. The van der Waals surface area contributed by atoms with E-state index in [1.54, 1.807) is 6.08 Å². The molecule has 0 aliphatic carbocycles. The number of ether oxygens (including phenoxy) is 1. The van der Waals surface area contributed by atoms with Crippen LogP contribution in [0.25, 0.3) is 0 Å². The summed E-state index contributed by atoms with van der Waals surface area (Å²) in [5.41, 5.74) is 6.10. The maximum atomic E-state index is 10.2. The molecule has 6 heteroatoms. The Kier molecular flexibility index (Phi) is 6.36. The summed E-state index contributed by atoms with van der Waals surface area (Å²) < 4.78 is 12.3. The first-order valence-electron chi connectivity index (χ1n) is 7.80. The minimum atomic E-state index is -2.01. The molecule has 1 aliphatic rings. The highest BCUT2D eigenvalue weighted by molar-refractivity contribution is 6.74. The van der Waals surface area contributed by atoms with Crippen LogP contribution < -0.4 is 5.73 Å². The second-order valence-corrected chi connectivity index (χ2v) is 12.3. The van der Waals surface area contributed by atoms with Gasteiger partial charge in [-0.15, -0.1) is 6.58 Å². The van der Waals surface area contributed by atoms with Gasteiger partial charge in [-0.3, -0.25) is 0 Å². The van der Waals surface area contributed by atoms with Gasteiger partial charge in [-0.25, -0.2) is 0 Å². The lowest BCUT2D eigenvalue weighted by Gasteiger charge is -2.46. The SMILES string of the molecule is C=C[C@H](N)[C@@H]1O[C@H](CC#N)[C@H](O)C[C@@H]1O[Si](C)(C)C(C)(C)C. The second kappa shape index (κ2) is 7.24. The van der Waals surface area contributed by atoms with E-state index in [0.717, 1.165) is 0 Å². The fourth-order valence-electron chi connectivity index (χ4n) is 2.32. The number of nitrogens with zero attached hydrogens (tertiary/aromatic N) is 1. The van der Waals surface area contributed by atoms with Crippen molar-refractivity contribution in [3.05, 3.63) is 12.7 Å². The summed E-state index contributed by atoms with van der Waals surface area (Å²) in [5.74, 6) is 0. The van der Waals surface area contributed by atoms with Gasteiger partial charge in [0.05, 0.1) is 36.8 Å². The average molecular weight is 327 g/mol. The van der Waals surface area contributed by atoms with Crippen LogP contribution >= 0.6 is 0 Å². The molecule has 0 unspecified atom stereocenters. The van der Waals surface area contributed by atoms with E-state index in [1.165, 1.54) is 0 Å². The minimum absolute atomic E-state index is 0.0598. The minimum Gasteiger partial charge on any atom is -0.411 e. The van der Waals surface area contributed by atoms with Crippen molar-refractivity contribution in [2.24, 2.45) is 5.73 Å². The lowest BCUT2D eigenvalue weighted by molar-refractivity contribution is -0.165. The first-order chi connectivity index (χ1) is 10.0. The Labute approximate surface area is 135 Å². The van der Waals surface area contributed by atoms with Crippen LogP contribution in [0, 0.1) is 11.3 Å². The molecule has 1 aliphatic heterocycles. The topological polar surface area (TPSA) is 88.5 Å². The number of nitrogens with two attached hydrogens (primary N) is 1. The van der Waals surface area contributed by atoms with Crippen molar-refractivity contribution in [1.82, 2.24) is 0 Å². The van der Waals surface area contributed by atoms with Crippen molar-refractivity contribution in [2.75, 3.05) is 0 Å². The first kappa shape index (κ1) is 19.3. The van der Waals surface area contributed by atoms with Crippen LogP contribution in [0.2, 0.25) is 18.1 Å². The molecule has 0 radical (unpaired) electrons. The number of aliphatic hydroxyl groups is 1. The molecule has 5 atom stereocenters. The molecule has 1 saturated heterocycles. The molecular weight excluding hydrogens is 296 g/mol. The summed E-state index contributed by atoms with van der Waals surface area (Å²) in [7, 11) is -2.01. The number of nitriles is 1. The number of hydrogen-bond donors (Lipinski definition) is 2. The zero-order valence-corrected chi connectivity index (χ0v) is 15.4. The van der Waals surface area contributed by atoms with E-state index in [9.17, 15) is 5.11 Å². The predicted molar refractivity (Wildman–Crippen MR) is 89.8 cm³/mol. The van der Waals surface area contributed by atoms with Gasteiger partial charge < -0.3 is 20.0 Å². The molecule has 0 aromatic rings. The van der Waals surface area contributed by atoms with Gasteiger partial charge in [0.2, 0.25) is 0 Å². The van der Waals surface area contributed by atoms with Crippen LogP contribution in [0.4, 0.5) is 0 Å².